The summed E-state index contributed by atoms with van der Waals surface area (Å²) in [7, 11) is -3.53. The van der Waals surface area contributed by atoms with Gasteiger partial charge in [-0.15, -0.1) is 0 Å². The van der Waals surface area contributed by atoms with Gasteiger partial charge in [0.25, 0.3) is 0 Å². The number of sulfonamides is 1. The van der Waals surface area contributed by atoms with Crippen molar-refractivity contribution in [1.29, 1.82) is 0 Å². The zero-order valence-electron chi connectivity index (χ0n) is 11.9. The fraction of sp³-hybridized carbons (Fsp3) is 0.357. The van der Waals surface area contributed by atoms with Gasteiger partial charge < -0.3 is 4.74 Å². The number of ether oxygens (including phenoxy) is 1. The first-order valence-electron chi connectivity index (χ1n) is 6.99. The SMILES string of the molecule is O=S(=O)(c1cccnc1)N1CCCC(Oc2ccncn2)C1. The summed E-state index contributed by atoms with van der Waals surface area (Å²) in [6.45, 7) is 0.794. The molecule has 1 unspecified atom stereocenters. The van der Waals surface area contributed by atoms with Crippen LogP contribution in [0, 0.1) is 0 Å². The normalized spacial score (nSPS) is 19.7. The van der Waals surface area contributed by atoms with Crippen LogP contribution in [0.4, 0.5) is 0 Å². The number of rotatable bonds is 4. The van der Waals surface area contributed by atoms with Crippen molar-refractivity contribution in [3.63, 3.8) is 0 Å². The van der Waals surface area contributed by atoms with Gasteiger partial charge in [0.2, 0.25) is 15.9 Å². The molecule has 1 aliphatic heterocycles. The number of nitrogens with zero attached hydrogens (tertiary/aromatic N) is 4. The van der Waals surface area contributed by atoms with E-state index in [1.807, 2.05) is 0 Å². The van der Waals surface area contributed by atoms with E-state index in [1.165, 1.54) is 16.8 Å². The molecule has 3 heterocycles. The summed E-state index contributed by atoms with van der Waals surface area (Å²) >= 11 is 0. The molecule has 0 N–H and O–H groups in total. The van der Waals surface area contributed by atoms with Crippen molar-refractivity contribution in [1.82, 2.24) is 19.3 Å². The average Bonchev–Trinajstić information content (AvgIpc) is 2.57. The zero-order valence-corrected chi connectivity index (χ0v) is 12.7. The summed E-state index contributed by atoms with van der Waals surface area (Å²) in [5, 5.41) is 0. The molecular weight excluding hydrogens is 304 g/mol. The van der Waals surface area contributed by atoms with Gasteiger partial charge in [-0.05, 0) is 25.0 Å². The summed E-state index contributed by atoms with van der Waals surface area (Å²) in [5.41, 5.74) is 0. The molecule has 1 saturated heterocycles. The highest BCUT2D eigenvalue weighted by molar-refractivity contribution is 7.89. The highest BCUT2D eigenvalue weighted by Crippen LogP contribution is 2.22. The lowest BCUT2D eigenvalue weighted by atomic mass is 10.1. The van der Waals surface area contributed by atoms with Crippen LogP contribution in [-0.4, -0.2) is 46.9 Å². The van der Waals surface area contributed by atoms with Gasteiger partial charge in [0, 0.05) is 31.2 Å². The molecule has 1 atom stereocenters. The predicted octanol–water partition coefficient (Wildman–Crippen LogP) is 1.10. The Labute approximate surface area is 129 Å². The molecule has 0 bridgehead atoms. The van der Waals surface area contributed by atoms with Crippen LogP contribution in [0.3, 0.4) is 0 Å². The largest absolute Gasteiger partial charge is 0.473 e. The first-order chi connectivity index (χ1) is 10.7. The van der Waals surface area contributed by atoms with Crippen LogP contribution in [0.25, 0.3) is 0 Å². The lowest BCUT2D eigenvalue weighted by Crippen LogP contribution is -2.44. The van der Waals surface area contributed by atoms with Crippen molar-refractivity contribution < 1.29 is 13.2 Å². The molecule has 0 radical (unpaired) electrons. The summed E-state index contributed by atoms with van der Waals surface area (Å²) in [4.78, 5) is 11.9. The van der Waals surface area contributed by atoms with Gasteiger partial charge >= 0.3 is 0 Å². The summed E-state index contributed by atoms with van der Waals surface area (Å²) in [5.74, 6) is 0.459. The molecule has 0 aromatic carbocycles. The Hall–Kier alpha value is -2.06. The van der Waals surface area contributed by atoms with Gasteiger partial charge in [-0.2, -0.15) is 4.31 Å². The van der Waals surface area contributed by atoms with Gasteiger partial charge in [0.05, 0.1) is 6.54 Å². The average molecular weight is 320 g/mol. The summed E-state index contributed by atoms with van der Waals surface area (Å²) in [6, 6.07) is 4.83. The summed E-state index contributed by atoms with van der Waals surface area (Å²) in [6.07, 6.45) is 7.24. The molecule has 8 heteroatoms. The number of hydrogen-bond acceptors (Lipinski definition) is 6. The standard InChI is InChI=1S/C14H16N4O3S/c19-22(20,13-4-1-6-15-9-13)18-8-2-3-12(10-18)21-14-5-7-16-11-17-14/h1,4-7,9,11-12H,2-3,8,10H2. The van der Waals surface area contributed by atoms with Crippen LogP contribution in [0.15, 0.2) is 48.0 Å². The Morgan fingerprint density at radius 3 is 2.86 bits per heavy atom. The number of piperidine rings is 1. The Morgan fingerprint density at radius 1 is 1.23 bits per heavy atom. The van der Waals surface area contributed by atoms with Crippen LogP contribution in [0.5, 0.6) is 5.88 Å². The third-order valence-electron chi connectivity index (χ3n) is 3.46. The van der Waals surface area contributed by atoms with E-state index < -0.39 is 10.0 Å². The van der Waals surface area contributed by atoms with E-state index in [2.05, 4.69) is 15.0 Å². The Morgan fingerprint density at radius 2 is 2.14 bits per heavy atom. The molecule has 116 valence electrons. The molecule has 2 aromatic heterocycles. The maximum atomic E-state index is 12.6. The lowest BCUT2D eigenvalue weighted by molar-refractivity contribution is 0.124. The van der Waals surface area contributed by atoms with Crippen molar-refractivity contribution in [2.45, 2.75) is 23.8 Å². The van der Waals surface area contributed by atoms with Crippen LogP contribution < -0.4 is 4.74 Å². The molecule has 7 nitrogen and oxygen atoms in total. The Bertz CT molecular complexity index is 709. The van der Waals surface area contributed by atoms with Crippen LogP contribution >= 0.6 is 0 Å². The van der Waals surface area contributed by atoms with Crippen molar-refractivity contribution in [3.8, 4) is 5.88 Å². The van der Waals surface area contributed by atoms with Gasteiger partial charge in [-0.25, -0.2) is 18.4 Å². The van der Waals surface area contributed by atoms with Gasteiger partial charge in [0.1, 0.15) is 17.3 Å². The van der Waals surface area contributed by atoms with Crippen LogP contribution in [-0.2, 0) is 10.0 Å². The molecule has 0 aliphatic carbocycles. The zero-order chi connectivity index (χ0) is 15.4. The first kappa shape index (κ1) is 14.9. The minimum absolute atomic E-state index is 0.206. The van der Waals surface area contributed by atoms with E-state index >= 15 is 0 Å². The fourth-order valence-electron chi connectivity index (χ4n) is 2.39. The third-order valence-corrected chi connectivity index (χ3v) is 5.30. The third kappa shape index (κ3) is 3.23. The topological polar surface area (TPSA) is 85.3 Å². The Balaban J connectivity index is 1.73. The van der Waals surface area contributed by atoms with Gasteiger partial charge in [-0.1, -0.05) is 0 Å². The van der Waals surface area contributed by atoms with E-state index in [0.717, 1.165) is 12.8 Å². The Kier molecular flexibility index (Phi) is 4.30. The van der Waals surface area contributed by atoms with E-state index in [1.54, 1.807) is 30.6 Å². The fourth-order valence-corrected chi connectivity index (χ4v) is 3.86. The molecule has 2 aromatic rings. The molecule has 0 amide bonds. The summed E-state index contributed by atoms with van der Waals surface area (Å²) < 4.78 is 32.4. The van der Waals surface area contributed by atoms with Crippen molar-refractivity contribution in [2.75, 3.05) is 13.1 Å². The highest BCUT2D eigenvalue weighted by atomic mass is 32.2. The molecule has 1 fully saturated rings. The maximum absolute atomic E-state index is 12.6. The minimum Gasteiger partial charge on any atom is -0.473 e. The highest BCUT2D eigenvalue weighted by Gasteiger charge is 2.31. The second-order valence-electron chi connectivity index (χ2n) is 4.98. The second kappa shape index (κ2) is 6.37. The number of aromatic nitrogens is 3. The van der Waals surface area contributed by atoms with E-state index in [0.29, 0.717) is 19.0 Å². The molecule has 0 saturated carbocycles. The monoisotopic (exact) mass is 320 g/mol. The molecule has 0 spiro atoms. The predicted molar refractivity (Wildman–Crippen MR) is 78.7 cm³/mol. The van der Waals surface area contributed by atoms with E-state index in [9.17, 15) is 8.42 Å². The van der Waals surface area contributed by atoms with Crippen molar-refractivity contribution >= 4 is 10.0 Å². The molecule has 22 heavy (non-hydrogen) atoms. The van der Waals surface area contributed by atoms with E-state index in [4.69, 9.17) is 4.74 Å². The maximum Gasteiger partial charge on any atom is 0.244 e. The second-order valence-corrected chi connectivity index (χ2v) is 6.92. The van der Waals surface area contributed by atoms with E-state index in [-0.39, 0.29) is 11.0 Å². The number of pyridine rings is 1. The van der Waals surface area contributed by atoms with Crippen LogP contribution in [0.1, 0.15) is 12.8 Å². The number of hydrogen-bond donors (Lipinski definition) is 0. The molecule has 1 aliphatic rings. The quantitative estimate of drug-likeness (QED) is 0.839. The van der Waals surface area contributed by atoms with Crippen molar-refractivity contribution in [3.05, 3.63) is 43.1 Å². The van der Waals surface area contributed by atoms with Gasteiger partial charge in [0.15, 0.2) is 0 Å². The minimum atomic E-state index is -3.53. The molecular formula is C14H16N4O3S. The first-order valence-corrected chi connectivity index (χ1v) is 8.43. The van der Waals surface area contributed by atoms with Gasteiger partial charge in [-0.3, -0.25) is 4.98 Å². The van der Waals surface area contributed by atoms with Crippen molar-refractivity contribution in [2.24, 2.45) is 0 Å². The molecule has 3 rings (SSSR count). The lowest BCUT2D eigenvalue weighted by Gasteiger charge is -2.31. The van der Waals surface area contributed by atoms with Crippen LogP contribution in [0.2, 0.25) is 0 Å². The smallest absolute Gasteiger partial charge is 0.244 e.